The fourth-order valence-corrected chi connectivity index (χ4v) is 8.73. The first kappa shape index (κ1) is 66.7. The van der Waals surface area contributed by atoms with Gasteiger partial charge in [-0.15, -0.1) is 0 Å². The molecule has 0 aliphatic rings. The Bertz CT molecular complexity index is 1370. The van der Waals surface area contributed by atoms with E-state index in [1.807, 2.05) is 33.3 Å². The Hall–Kier alpha value is -2.29. The lowest BCUT2D eigenvalue weighted by Gasteiger charge is -2.27. The first-order valence-corrected chi connectivity index (χ1v) is 30.1. The summed E-state index contributed by atoms with van der Waals surface area (Å²) in [6.07, 6.45) is 60.7. The Morgan fingerprint density at radius 3 is 1.38 bits per heavy atom. The molecular formula is C59H110N2O7P+. The summed E-state index contributed by atoms with van der Waals surface area (Å²) in [6, 6.07) is -0.868. The van der Waals surface area contributed by atoms with Crippen LogP contribution in [-0.4, -0.2) is 74.3 Å². The fraction of sp³-hybridized carbons (Fsp3) is 0.797. The molecule has 0 heterocycles. The Balaban J connectivity index is 5.44. The Labute approximate surface area is 426 Å². The largest absolute Gasteiger partial charge is 0.472 e. The summed E-state index contributed by atoms with van der Waals surface area (Å²) in [5.41, 5.74) is 0. The van der Waals surface area contributed by atoms with Gasteiger partial charge in [0.1, 0.15) is 19.3 Å². The number of carbonyl (C=O) groups is 2. The van der Waals surface area contributed by atoms with Crippen molar-refractivity contribution in [3.05, 3.63) is 60.8 Å². The number of nitrogens with one attached hydrogen (secondary N) is 1. The number of hydrogen-bond donors (Lipinski definition) is 2. The number of nitrogens with zero attached hydrogens (tertiary/aromatic N) is 1. The lowest BCUT2D eigenvalue weighted by Crippen LogP contribution is -2.47. The minimum Gasteiger partial charge on any atom is -0.456 e. The molecule has 10 heteroatoms. The molecule has 0 fully saturated rings. The number of phosphoric ester groups is 1. The minimum atomic E-state index is -4.45. The van der Waals surface area contributed by atoms with Crippen LogP contribution in [0, 0.1) is 0 Å². The molecule has 0 rings (SSSR count). The van der Waals surface area contributed by atoms with Crippen LogP contribution in [0.5, 0.6) is 0 Å². The van der Waals surface area contributed by atoms with Crippen molar-refractivity contribution in [3.8, 4) is 0 Å². The SMILES string of the molecule is CCCCC/C=C\C/C=C\C/C=C\C/C=C\CCCC(=O)OC(/C=C/CCCCCCCCCCCC)C(COP(=O)(O)OCC[N+](C)(C)C)NC(=O)CCCCCCCCCCCCCCCC. The van der Waals surface area contributed by atoms with E-state index in [2.05, 4.69) is 74.7 Å². The van der Waals surface area contributed by atoms with Crippen molar-refractivity contribution in [1.82, 2.24) is 5.32 Å². The van der Waals surface area contributed by atoms with Gasteiger partial charge in [0.25, 0.3) is 0 Å². The van der Waals surface area contributed by atoms with Crippen LogP contribution in [0.1, 0.15) is 252 Å². The quantitative estimate of drug-likeness (QED) is 0.0205. The van der Waals surface area contributed by atoms with Gasteiger partial charge in [0, 0.05) is 12.8 Å². The number of phosphoric acid groups is 1. The van der Waals surface area contributed by atoms with Crippen molar-refractivity contribution in [2.75, 3.05) is 40.9 Å². The number of carbonyl (C=O) groups excluding carboxylic acids is 2. The van der Waals surface area contributed by atoms with Gasteiger partial charge in [-0.1, -0.05) is 230 Å². The summed E-state index contributed by atoms with van der Waals surface area (Å²) < 4.78 is 30.5. The van der Waals surface area contributed by atoms with E-state index in [9.17, 15) is 19.0 Å². The standard InChI is InChI=1S/C59H109N2O7P/c1-7-10-13-16-19-22-25-28-30-31-32-34-37-40-43-46-49-52-59(63)68-57(50-47-44-41-38-35-27-24-21-18-15-12-9-3)56(55-67-69(64,65)66-54-53-61(4,5)6)60-58(62)51-48-45-42-39-36-33-29-26-23-20-17-14-11-8-2/h19,22,28,30,32,34,40,43,47,50,56-57H,7-18,20-21,23-27,29,31,33,35-39,41-42,44-46,48-49,51-55H2,1-6H3,(H-,60,62,64,65)/p+1/b22-19-,30-28-,34-32-,43-40-,50-47+. The Morgan fingerprint density at radius 2 is 0.899 bits per heavy atom. The maximum atomic E-state index is 13.5. The van der Waals surface area contributed by atoms with Crippen molar-refractivity contribution in [2.24, 2.45) is 0 Å². The second kappa shape index (κ2) is 49.3. The average Bonchev–Trinajstić information content (AvgIpc) is 3.31. The van der Waals surface area contributed by atoms with Gasteiger partial charge in [-0.3, -0.25) is 18.6 Å². The van der Waals surface area contributed by atoms with Gasteiger partial charge in [0.15, 0.2) is 0 Å². The zero-order chi connectivity index (χ0) is 50.8. The number of likely N-dealkylation sites (N-methyl/N-ethyl adjacent to an activating group) is 1. The molecule has 0 aromatic heterocycles. The van der Waals surface area contributed by atoms with Gasteiger partial charge in [0.2, 0.25) is 5.91 Å². The van der Waals surface area contributed by atoms with Crippen molar-refractivity contribution in [3.63, 3.8) is 0 Å². The van der Waals surface area contributed by atoms with Crippen LogP contribution in [-0.2, 0) is 27.9 Å². The highest BCUT2D eigenvalue weighted by molar-refractivity contribution is 7.47. The summed E-state index contributed by atoms with van der Waals surface area (Å²) in [5.74, 6) is -0.567. The van der Waals surface area contributed by atoms with Gasteiger partial charge in [-0.05, 0) is 70.3 Å². The normalized spacial score (nSPS) is 14.2. The van der Waals surface area contributed by atoms with Gasteiger partial charge >= 0.3 is 13.8 Å². The molecule has 0 aromatic rings. The molecule has 0 bridgehead atoms. The van der Waals surface area contributed by atoms with Crippen LogP contribution < -0.4 is 5.32 Å². The van der Waals surface area contributed by atoms with Crippen LogP contribution in [0.15, 0.2) is 60.8 Å². The lowest BCUT2D eigenvalue weighted by molar-refractivity contribution is -0.870. The molecule has 0 spiro atoms. The number of unbranched alkanes of at least 4 members (excludes halogenated alkanes) is 27. The number of amides is 1. The zero-order valence-corrected chi connectivity index (χ0v) is 46.7. The van der Waals surface area contributed by atoms with E-state index < -0.39 is 20.0 Å². The predicted octanol–water partition coefficient (Wildman–Crippen LogP) is 17.1. The van der Waals surface area contributed by atoms with Crippen LogP contribution in [0.4, 0.5) is 0 Å². The summed E-state index contributed by atoms with van der Waals surface area (Å²) in [4.78, 5) is 37.5. The molecule has 3 atom stereocenters. The molecule has 0 radical (unpaired) electrons. The van der Waals surface area contributed by atoms with E-state index in [1.165, 1.54) is 148 Å². The minimum absolute atomic E-state index is 0.0318. The summed E-state index contributed by atoms with van der Waals surface area (Å²) in [5, 5.41) is 3.03. The second-order valence-corrected chi connectivity index (χ2v) is 21.9. The smallest absolute Gasteiger partial charge is 0.456 e. The second-order valence-electron chi connectivity index (χ2n) is 20.5. The van der Waals surface area contributed by atoms with Crippen LogP contribution >= 0.6 is 7.82 Å². The molecular weight excluding hydrogens is 880 g/mol. The number of rotatable bonds is 51. The monoisotopic (exact) mass is 990 g/mol. The topological polar surface area (TPSA) is 111 Å². The van der Waals surface area contributed by atoms with Gasteiger partial charge in [-0.2, -0.15) is 0 Å². The Kier molecular flexibility index (Phi) is 47.7. The molecule has 0 saturated heterocycles. The number of esters is 1. The van der Waals surface area contributed by atoms with Crippen molar-refractivity contribution in [1.29, 1.82) is 0 Å². The predicted molar refractivity (Wildman–Crippen MR) is 295 cm³/mol. The highest BCUT2D eigenvalue weighted by atomic mass is 31.2. The summed E-state index contributed by atoms with van der Waals surface area (Å²) >= 11 is 0. The molecule has 69 heavy (non-hydrogen) atoms. The van der Waals surface area contributed by atoms with Crippen molar-refractivity contribution >= 4 is 19.7 Å². The van der Waals surface area contributed by atoms with E-state index in [0.717, 1.165) is 64.2 Å². The van der Waals surface area contributed by atoms with Gasteiger partial charge in [-0.25, -0.2) is 4.57 Å². The van der Waals surface area contributed by atoms with Gasteiger partial charge < -0.3 is 19.4 Å². The van der Waals surface area contributed by atoms with Crippen molar-refractivity contribution in [2.45, 2.75) is 264 Å². The van der Waals surface area contributed by atoms with Crippen LogP contribution in [0.25, 0.3) is 0 Å². The Morgan fingerprint density at radius 1 is 0.507 bits per heavy atom. The number of hydrogen-bond acceptors (Lipinski definition) is 6. The van der Waals surface area contributed by atoms with Gasteiger partial charge in [0.05, 0.1) is 33.8 Å². The first-order chi connectivity index (χ1) is 33.4. The fourth-order valence-electron chi connectivity index (χ4n) is 7.99. The molecule has 0 aliphatic carbocycles. The third-order valence-electron chi connectivity index (χ3n) is 12.5. The maximum absolute atomic E-state index is 13.5. The third-order valence-corrected chi connectivity index (χ3v) is 13.4. The molecule has 2 N–H and O–H groups in total. The third kappa shape index (κ3) is 50.4. The molecule has 3 unspecified atom stereocenters. The van der Waals surface area contributed by atoms with E-state index in [-0.39, 0.29) is 31.5 Å². The molecule has 0 saturated carbocycles. The van der Waals surface area contributed by atoms with Crippen molar-refractivity contribution < 1.29 is 37.3 Å². The molecule has 402 valence electrons. The summed E-state index contributed by atoms with van der Waals surface area (Å²) in [6.45, 7) is 6.95. The molecule has 9 nitrogen and oxygen atoms in total. The highest BCUT2D eigenvalue weighted by Crippen LogP contribution is 2.43. The molecule has 0 aliphatic heterocycles. The molecule has 0 aromatic carbocycles. The lowest BCUT2D eigenvalue weighted by atomic mass is 10.0. The highest BCUT2D eigenvalue weighted by Gasteiger charge is 2.30. The van der Waals surface area contributed by atoms with Crippen LogP contribution in [0.2, 0.25) is 0 Å². The van der Waals surface area contributed by atoms with E-state index in [0.29, 0.717) is 23.9 Å². The zero-order valence-electron chi connectivity index (χ0n) is 45.8. The summed E-state index contributed by atoms with van der Waals surface area (Å²) in [7, 11) is 1.47. The average molecular weight is 991 g/mol. The maximum Gasteiger partial charge on any atom is 0.472 e. The number of allylic oxidation sites excluding steroid dienone is 9. The first-order valence-electron chi connectivity index (χ1n) is 28.6. The van der Waals surface area contributed by atoms with E-state index in [4.69, 9.17) is 13.8 Å². The van der Waals surface area contributed by atoms with E-state index >= 15 is 0 Å². The number of quaternary nitrogens is 1. The van der Waals surface area contributed by atoms with Crippen LogP contribution in [0.3, 0.4) is 0 Å². The van der Waals surface area contributed by atoms with E-state index in [1.54, 1.807) is 0 Å². The molecule has 1 amide bonds. The number of ether oxygens (including phenoxy) is 1.